The normalized spacial score (nSPS) is 29.8. The van der Waals surface area contributed by atoms with Crippen molar-refractivity contribution in [2.75, 3.05) is 13.1 Å². The third-order valence-corrected chi connectivity index (χ3v) is 3.97. The summed E-state index contributed by atoms with van der Waals surface area (Å²) in [7, 11) is -1.82. The summed E-state index contributed by atoms with van der Waals surface area (Å²) < 4.78 is 6.01. The van der Waals surface area contributed by atoms with Gasteiger partial charge >= 0.3 is 6.09 Å². The molecule has 1 aliphatic rings. The first-order valence-corrected chi connectivity index (χ1v) is 9.20. The van der Waals surface area contributed by atoms with Gasteiger partial charge in [0.2, 0.25) is 0 Å². The van der Waals surface area contributed by atoms with Gasteiger partial charge in [0.25, 0.3) is 0 Å². The molecule has 0 aromatic rings. The molecule has 6 heteroatoms. The molecule has 1 heterocycles. The maximum Gasteiger partial charge on any atom is 0.407 e. The zero-order valence-corrected chi connectivity index (χ0v) is 11.9. The van der Waals surface area contributed by atoms with E-state index in [0.717, 1.165) is 0 Å². The minimum atomic E-state index is -1.82. The van der Waals surface area contributed by atoms with Gasteiger partial charge in [-0.2, -0.15) is 5.26 Å². The molecule has 2 atom stereocenters. The summed E-state index contributed by atoms with van der Waals surface area (Å²) in [5.41, 5.74) is -0.809. The molecule has 1 saturated heterocycles. The van der Waals surface area contributed by atoms with Crippen molar-refractivity contribution in [1.29, 1.82) is 5.26 Å². The Labute approximate surface area is 103 Å². The molecule has 0 bridgehead atoms. The number of rotatable bonds is 2. The van der Waals surface area contributed by atoms with Crippen molar-refractivity contribution in [2.24, 2.45) is 5.92 Å². The van der Waals surface area contributed by atoms with E-state index in [0.29, 0.717) is 19.5 Å². The van der Waals surface area contributed by atoms with Crippen molar-refractivity contribution in [3.63, 3.8) is 0 Å². The molecule has 5 nitrogen and oxygen atoms in total. The summed E-state index contributed by atoms with van der Waals surface area (Å²) in [6.45, 7) is 8.76. The van der Waals surface area contributed by atoms with Gasteiger partial charge in [-0.3, -0.25) is 0 Å². The molecular weight excluding hydrogens is 236 g/mol. The molecule has 1 aliphatic heterocycles. The summed E-state index contributed by atoms with van der Waals surface area (Å²) in [5, 5.41) is 18.3. The van der Waals surface area contributed by atoms with E-state index in [1.807, 2.05) is 26.6 Å². The molecule has 1 fully saturated rings. The third kappa shape index (κ3) is 3.20. The van der Waals surface area contributed by atoms with Gasteiger partial charge in [-0.15, -0.1) is 0 Å². The third-order valence-electron chi connectivity index (χ3n) is 2.99. The highest BCUT2D eigenvalue weighted by atomic mass is 28.4. The molecule has 0 aliphatic carbocycles. The average molecular weight is 256 g/mol. The van der Waals surface area contributed by atoms with Crippen LogP contribution >= 0.6 is 0 Å². The topological polar surface area (TPSA) is 73.6 Å². The smallest absolute Gasteiger partial charge is 0.407 e. The van der Waals surface area contributed by atoms with Crippen LogP contribution in [0.2, 0.25) is 19.6 Å². The highest BCUT2D eigenvalue weighted by Gasteiger charge is 2.45. The molecule has 0 saturated carbocycles. The molecule has 0 aromatic carbocycles. The maximum absolute atomic E-state index is 10.9. The highest BCUT2D eigenvalue weighted by molar-refractivity contribution is 6.69. The molecular formula is C11H20N2O3Si. The number of carboxylic acid groups (broad SMARTS) is 1. The minimum absolute atomic E-state index is 0.0934. The Kier molecular flexibility index (Phi) is 3.84. The van der Waals surface area contributed by atoms with Gasteiger partial charge in [-0.1, -0.05) is 6.92 Å². The summed E-state index contributed by atoms with van der Waals surface area (Å²) in [6.07, 6.45) is -0.460. The van der Waals surface area contributed by atoms with Gasteiger partial charge in [0, 0.05) is 25.4 Å². The van der Waals surface area contributed by atoms with Crippen LogP contribution in [-0.2, 0) is 4.43 Å². The minimum Gasteiger partial charge on any atom is -0.465 e. The summed E-state index contributed by atoms with van der Waals surface area (Å²) >= 11 is 0. The predicted molar refractivity (Wildman–Crippen MR) is 66.2 cm³/mol. The lowest BCUT2D eigenvalue weighted by Gasteiger charge is -2.44. The number of carbonyl (C=O) groups is 1. The maximum atomic E-state index is 10.9. The number of piperidine rings is 1. The van der Waals surface area contributed by atoms with Gasteiger partial charge in [0.15, 0.2) is 8.32 Å². The van der Waals surface area contributed by atoms with Crippen LogP contribution < -0.4 is 0 Å². The Bertz CT molecular complexity index is 348. The van der Waals surface area contributed by atoms with Crippen LogP contribution in [0.4, 0.5) is 4.79 Å². The van der Waals surface area contributed by atoms with Crippen LogP contribution in [0.15, 0.2) is 0 Å². The van der Waals surface area contributed by atoms with Crippen LogP contribution in [0.25, 0.3) is 0 Å². The monoisotopic (exact) mass is 256 g/mol. The SMILES string of the molecule is CC1CN(C(=O)O)CCC1(C#N)O[Si](C)(C)C. The second kappa shape index (κ2) is 4.67. The number of amides is 1. The van der Waals surface area contributed by atoms with E-state index in [1.165, 1.54) is 4.90 Å². The number of hydrogen-bond acceptors (Lipinski definition) is 3. The molecule has 1 amide bonds. The molecule has 1 N–H and O–H groups in total. The lowest BCUT2D eigenvalue weighted by atomic mass is 9.83. The summed E-state index contributed by atoms with van der Waals surface area (Å²) in [6, 6.07) is 2.28. The van der Waals surface area contributed by atoms with E-state index in [4.69, 9.17) is 9.53 Å². The van der Waals surface area contributed by atoms with Crippen LogP contribution in [0.3, 0.4) is 0 Å². The van der Waals surface area contributed by atoms with E-state index < -0.39 is 20.0 Å². The van der Waals surface area contributed by atoms with Crippen molar-refractivity contribution in [1.82, 2.24) is 4.90 Å². The standard InChI is InChI=1S/C11H20N2O3Si/c1-9-7-13(10(14)15)6-5-11(9,8-12)16-17(2,3)4/h9H,5-7H2,1-4H3,(H,14,15). The van der Waals surface area contributed by atoms with E-state index >= 15 is 0 Å². The van der Waals surface area contributed by atoms with Crippen molar-refractivity contribution in [2.45, 2.75) is 38.6 Å². The van der Waals surface area contributed by atoms with Crippen molar-refractivity contribution in [3.05, 3.63) is 0 Å². The number of hydrogen-bond donors (Lipinski definition) is 1. The quantitative estimate of drug-likeness (QED) is 0.768. The number of nitrogens with zero attached hydrogens (tertiary/aromatic N) is 2. The van der Waals surface area contributed by atoms with Gasteiger partial charge in [-0.25, -0.2) is 4.79 Å². The average Bonchev–Trinajstić information content (AvgIpc) is 2.19. The molecule has 2 unspecified atom stereocenters. The van der Waals surface area contributed by atoms with Crippen molar-refractivity contribution >= 4 is 14.4 Å². The Morgan fingerprint density at radius 3 is 2.53 bits per heavy atom. The fourth-order valence-corrected chi connectivity index (χ4v) is 3.62. The second-order valence-electron chi connectivity index (χ2n) is 5.60. The van der Waals surface area contributed by atoms with Crippen LogP contribution in [-0.4, -0.2) is 43.1 Å². The van der Waals surface area contributed by atoms with Gasteiger partial charge in [0.1, 0.15) is 5.60 Å². The lowest BCUT2D eigenvalue weighted by molar-refractivity contribution is -0.00201. The molecule has 96 valence electrons. The zero-order valence-electron chi connectivity index (χ0n) is 10.9. The van der Waals surface area contributed by atoms with Crippen LogP contribution in [0, 0.1) is 17.2 Å². The lowest BCUT2D eigenvalue weighted by Crippen LogP contribution is -2.56. The van der Waals surface area contributed by atoms with Gasteiger partial charge in [0.05, 0.1) is 6.07 Å². The number of nitriles is 1. The fourth-order valence-electron chi connectivity index (χ4n) is 2.18. The van der Waals surface area contributed by atoms with Gasteiger partial charge in [-0.05, 0) is 19.6 Å². The van der Waals surface area contributed by atoms with E-state index in [1.54, 1.807) is 0 Å². The molecule has 0 spiro atoms. The first-order chi connectivity index (χ1) is 7.70. The molecule has 0 radical (unpaired) electrons. The first-order valence-electron chi connectivity index (χ1n) is 5.79. The molecule has 1 rings (SSSR count). The summed E-state index contributed by atoms with van der Waals surface area (Å²) in [5.74, 6) is -0.0934. The Morgan fingerprint density at radius 2 is 2.18 bits per heavy atom. The van der Waals surface area contributed by atoms with E-state index in [2.05, 4.69) is 6.07 Å². The van der Waals surface area contributed by atoms with Crippen LogP contribution in [0.1, 0.15) is 13.3 Å². The van der Waals surface area contributed by atoms with E-state index in [9.17, 15) is 10.1 Å². The molecule has 0 aromatic heterocycles. The van der Waals surface area contributed by atoms with E-state index in [-0.39, 0.29) is 5.92 Å². The Morgan fingerprint density at radius 1 is 1.59 bits per heavy atom. The molecule has 17 heavy (non-hydrogen) atoms. The Hall–Kier alpha value is -1.06. The second-order valence-corrected chi connectivity index (χ2v) is 10.0. The fraction of sp³-hybridized carbons (Fsp3) is 0.818. The number of likely N-dealkylation sites (tertiary alicyclic amines) is 1. The first kappa shape index (κ1) is 14.0. The zero-order chi connectivity index (χ0) is 13.3. The van der Waals surface area contributed by atoms with Gasteiger partial charge < -0.3 is 14.4 Å². The highest BCUT2D eigenvalue weighted by Crippen LogP contribution is 2.33. The largest absolute Gasteiger partial charge is 0.465 e. The van der Waals surface area contributed by atoms with Crippen LogP contribution in [0.5, 0.6) is 0 Å². The predicted octanol–water partition coefficient (Wildman–Crippen LogP) is 2.12. The van der Waals surface area contributed by atoms with Crippen molar-refractivity contribution in [3.8, 4) is 6.07 Å². The summed E-state index contributed by atoms with van der Waals surface area (Å²) in [4.78, 5) is 12.3. The van der Waals surface area contributed by atoms with Crippen molar-refractivity contribution < 1.29 is 14.3 Å². The Balaban J connectivity index is 2.84.